The first-order valence-electron chi connectivity index (χ1n) is 11.6. The summed E-state index contributed by atoms with van der Waals surface area (Å²) in [6.07, 6.45) is 2.06. The Morgan fingerprint density at radius 2 is 1.78 bits per heavy atom. The van der Waals surface area contributed by atoms with Crippen molar-refractivity contribution in [3.8, 4) is 5.75 Å². The number of nitrogens with one attached hydrogen (secondary N) is 1. The number of rotatable bonds is 12. The highest BCUT2D eigenvalue weighted by Crippen LogP contribution is 2.26. The minimum atomic E-state index is -3.85. The molecule has 0 saturated carbocycles. The molecule has 0 aliphatic rings. The highest BCUT2D eigenvalue weighted by atomic mass is 35.5. The Kier molecular flexibility index (Phi) is 10.9. The lowest BCUT2D eigenvalue weighted by molar-refractivity contribution is -0.140. The van der Waals surface area contributed by atoms with Crippen LogP contribution in [0, 0.1) is 0 Å². The lowest BCUT2D eigenvalue weighted by Gasteiger charge is -2.33. The number of nitrogens with zero attached hydrogens (tertiary/aromatic N) is 2. The summed E-state index contributed by atoms with van der Waals surface area (Å²) >= 11 is 12.4. The van der Waals surface area contributed by atoms with E-state index in [0.29, 0.717) is 27.8 Å². The van der Waals surface area contributed by atoms with Crippen LogP contribution in [-0.4, -0.2) is 57.1 Å². The topological polar surface area (TPSA) is 96.0 Å². The van der Waals surface area contributed by atoms with Crippen LogP contribution in [0.5, 0.6) is 5.75 Å². The number of carbonyl (C=O) groups excluding carboxylic acids is 2. The molecule has 8 nitrogen and oxygen atoms in total. The van der Waals surface area contributed by atoms with E-state index in [4.69, 9.17) is 27.9 Å². The third-order valence-electron chi connectivity index (χ3n) is 5.76. The second-order valence-electron chi connectivity index (χ2n) is 8.47. The van der Waals surface area contributed by atoms with E-state index in [1.807, 2.05) is 13.8 Å². The Hall–Kier alpha value is -2.49. The van der Waals surface area contributed by atoms with Crippen molar-refractivity contribution in [2.75, 3.05) is 24.2 Å². The SMILES string of the molecule is CC[C@H](C(=O)N[C@@H](C)CC)N(Cc1ccc(Cl)cc1Cl)C(=O)CN(c1cccc(OC)c1)S(C)(=O)=O. The van der Waals surface area contributed by atoms with Crippen LogP contribution in [-0.2, 0) is 26.2 Å². The van der Waals surface area contributed by atoms with Crippen molar-refractivity contribution in [2.45, 2.75) is 52.2 Å². The van der Waals surface area contributed by atoms with Gasteiger partial charge in [-0.05, 0) is 49.6 Å². The fourth-order valence-electron chi connectivity index (χ4n) is 3.57. The quantitative estimate of drug-likeness (QED) is 0.414. The Balaban J connectivity index is 2.49. The largest absolute Gasteiger partial charge is 0.497 e. The van der Waals surface area contributed by atoms with E-state index >= 15 is 0 Å². The molecule has 0 spiro atoms. The third kappa shape index (κ3) is 8.01. The highest BCUT2D eigenvalue weighted by Gasteiger charge is 2.32. The molecule has 0 aromatic heterocycles. The lowest BCUT2D eigenvalue weighted by Crippen LogP contribution is -2.53. The monoisotopic (exact) mass is 557 g/mol. The van der Waals surface area contributed by atoms with Gasteiger partial charge in [0.25, 0.3) is 0 Å². The molecule has 0 saturated heterocycles. The molecule has 2 rings (SSSR count). The number of sulfonamides is 1. The number of hydrogen-bond acceptors (Lipinski definition) is 5. The minimum absolute atomic E-state index is 0.00300. The molecule has 36 heavy (non-hydrogen) atoms. The van der Waals surface area contributed by atoms with Crippen LogP contribution in [0.3, 0.4) is 0 Å². The molecule has 0 bridgehead atoms. The van der Waals surface area contributed by atoms with Crippen molar-refractivity contribution in [1.82, 2.24) is 10.2 Å². The zero-order valence-electron chi connectivity index (χ0n) is 21.1. The van der Waals surface area contributed by atoms with Crippen LogP contribution in [0.25, 0.3) is 0 Å². The predicted octanol–water partition coefficient (Wildman–Crippen LogP) is 4.49. The number of hydrogen-bond donors (Lipinski definition) is 1. The average molecular weight is 559 g/mol. The molecule has 11 heteroatoms. The average Bonchev–Trinajstić information content (AvgIpc) is 2.82. The normalized spacial score (nSPS) is 13.0. The molecular formula is C25H33Cl2N3O5S. The maximum Gasteiger partial charge on any atom is 0.244 e. The van der Waals surface area contributed by atoms with Crippen LogP contribution >= 0.6 is 23.2 Å². The molecule has 0 fully saturated rings. The number of halogens is 2. The van der Waals surface area contributed by atoms with E-state index in [1.54, 1.807) is 43.3 Å². The van der Waals surface area contributed by atoms with Crippen LogP contribution in [0.1, 0.15) is 39.2 Å². The highest BCUT2D eigenvalue weighted by molar-refractivity contribution is 7.92. The molecule has 0 heterocycles. The first-order valence-corrected chi connectivity index (χ1v) is 14.2. The summed E-state index contributed by atoms with van der Waals surface area (Å²) in [5.74, 6) is -0.434. The molecule has 2 aromatic rings. The molecule has 2 aromatic carbocycles. The van der Waals surface area contributed by atoms with Gasteiger partial charge in [0.05, 0.1) is 19.1 Å². The predicted molar refractivity (Wildman–Crippen MR) is 144 cm³/mol. The summed E-state index contributed by atoms with van der Waals surface area (Å²) in [7, 11) is -2.38. The summed E-state index contributed by atoms with van der Waals surface area (Å²) in [6.45, 7) is 5.10. The minimum Gasteiger partial charge on any atom is -0.497 e. The van der Waals surface area contributed by atoms with Crippen molar-refractivity contribution in [3.63, 3.8) is 0 Å². The lowest BCUT2D eigenvalue weighted by atomic mass is 10.1. The molecule has 0 radical (unpaired) electrons. The maximum absolute atomic E-state index is 13.7. The standard InChI is InChI=1S/C25H33Cl2N3O5S/c1-6-17(3)28-25(32)23(7-2)29(15-18-11-12-19(26)13-22(18)27)24(31)16-30(36(5,33)34)20-9-8-10-21(14-20)35-4/h8-14,17,23H,6-7,15-16H2,1-5H3,(H,28,32)/t17-,23+/m0/s1. The maximum atomic E-state index is 13.7. The molecule has 0 aliphatic carbocycles. The number of benzene rings is 2. The zero-order chi connectivity index (χ0) is 27.0. The van der Waals surface area contributed by atoms with Crippen LogP contribution in [0.2, 0.25) is 10.0 Å². The molecule has 0 unspecified atom stereocenters. The number of methoxy groups -OCH3 is 1. The van der Waals surface area contributed by atoms with Gasteiger partial charge in [-0.3, -0.25) is 13.9 Å². The van der Waals surface area contributed by atoms with Gasteiger partial charge in [0.15, 0.2) is 0 Å². The third-order valence-corrected chi connectivity index (χ3v) is 7.49. The molecular weight excluding hydrogens is 525 g/mol. The van der Waals surface area contributed by atoms with Crippen molar-refractivity contribution >= 4 is 50.7 Å². The Morgan fingerprint density at radius 1 is 1.08 bits per heavy atom. The van der Waals surface area contributed by atoms with Crippen LogP contribution in [0.4, 0.5) is 5.69 Å². The number of anilines is 1. The zero-order valence-corrected chi connectivity index (χ0v) is 23.5. The van der Waals surface area contributed by atoms with E-state index in [-0.39, 0.29) is 24.2 Å². The summed E-state index contributed by atoms with van der Waals surface area (Å²) < 4.78 is 31.6. The van der Waals surface area contributed by atoms with E-state index in [1.165, 1.54) is 18.1 Å². The summed E-state index contributed by atoms with van der Waals surface area (Å²) in [5, 5.41) is 3.69. The van der Waals surface area contributed by atoms with Gasteiger partial charge in [-0.2, -0.15) is 0 Å². The molecule has 2 atom stereocenters. The fraction of sp³-hybridized carbons (Fsp3) is 0.440. The van der Waals surface area contributed by atoms with Gasteiger partial charge in [-0.25, -0.2) is 8.42 Å². The van der Waals surface area contributed by atoms with E-state index in [9.17, 15) is 18.0 Å². The molecule has 198 valence electrons. The second-order valence-corrected chi connectivity index (χ2v) is 11.2. The van der Waals surface area contributed by atoms with Crippen molar-refractivity contribution < 1.29 is 22.7 Å². The van der Waals surface area contributed by atoms with Crippen molar-refractivity contribution in [3.05, 3.63) is 58.1 Å². The van der Waals surface area contributed by atoms with E-state index < -0.39 is 28.5 Å². The first kappa shape index (κ1) is 29.7. The second kappa shape index (κ2) is 13.2. The first-order chi connectivity index (χ1) is 16.9. The summed E-state index contributed by atoms with van der Waals surface area (Å²) in [5.41, 5.74) is 0.850. The van der Waals surface area contributed by atoms with Gasteiger partial charge in [0.1, 0.15) is 18.3 Å². The van der Waals surface area contributed by atoms with Crippen molar-refractivity contribution in [2.24, 2.45) is 0 Å². The fourth-order valence-corrected chi connectivity index (χ4v) is 4.88. The van der Waals surface area contributed by atoms with Gasteiger partial charge in [0, 0.05) is 28.7 Å². The van der Waals surface area contributed by atoms with Crippen LogP contribution in [0.15, 0.2) is 42.5 Å². The Bertz CT molecular complexity index is 1180. The number of ether oxygens (including phenoxy) is 1. The van der Waals surface area contributed by atoms with Gasteiger partial charge >= 0.3 is 0 Å². The van der Waals surface area contributed by atoms with Crippen LogP contribution < -0.4 is 14.4 Å². The van der Waals surface area contributed by atoms with Gasteiger partial charge in [-0.1, -0.05) is 49.2 Å². The van der Waals surface area contributed by atoms with Crippen molar-refractivity contribution in [1.29, 1.82) is 0 Å². The smallest absolute Gasteiger partial charge is 0.244 e. The van der Waals surface area contributed by atoms with Gasteiger partial charge < -0.3 is 15.0 Å². The Labute approximate surface area is 223 Å². The van der Waals surface area contributed by atoms with Gasteiger partial charge in [-0.15, -0.1) is 0 Å². The molecule has 1 N–H and O–H groups in total. The van der Waals surface area contributed by atoms with Gasteiger partial charge in [0.2, 0.25) is 21.8 Å². The number of carbonyl (C=O) groups is 2. The number of amides is 2. The molecule has 0 aliphatic heterocycles. The summed E-state index contributed by atoms with van der Waals surface area (Å²) in [4.78, 5) is 28.2. The van der Waals surface area contributed by atoms with E-state index in [2.05, 4.69) is 5.32 Å². The Morgan fingerprint density at radius 3 is 2.33 bits per heavy atom. The van der Waals surface area contributed by atoms with E-state index in [0.717, 1.165) is 17.0 Å². The molecule has 2 amide bonds. The summed E-state index contributed by atoms with van der Waals surface area (Å²) in [6, 6.07) is 10.4.